The summed E-state index contributed by atoms with van der Waals surface area (Å²) in [6.07, 6.45) is 5.94. The third kappa shape index (κ3) is 2.45. The van der Waals surface area contributed by atoms with E-state index in [1.807, 2.05) is 6.08 Å². The maximum atomic E-state index is 11.0. The van der Waals surface area contributed by atoms with Gasteiger partial charge in [-0.2, -0.15) is 0 Å². The van der Waals surface area contributed by atoms with Crippen LogP contribution in [0.4, 0.5) is 0 Å². The third-order valence-corrected chi connectivity index (χ3v) is 5.81. The highest BCUT2D eigenvalue weighted by Crippen LogP contribution is 2.49. The first-order chi connectivity index (χ1) is 7.05. The molecule has 2 aliphatic rings. The normalized spacial score (nSPS) is 43.8. The lowest BCUT2D eigenvalue weighted by molar-refractivity contribution is -0.134. The lowest BCUT2D eigenvalue weighted by atomic mass is 9.88. The Bertz CT molecular complexity index is 305. The number of methoxy groups -OCH3 is 1. The predicted octanol–water partition coefficient (Wildman–Crippen LogP) is 2.17. The zero-order chi connectivity index (χ0) is 11.1. The smallest absolute Gasteiger partial charge is 0.330 e. The van der Waals surface area contributed by atoms with Crippen molar-refractivity contribution < 1.29 is 14.3 Å². The molecule has 0 radical (unpaired) electrons. The second-order valence-electron chi connectivity index (χ2n) is 3.90. The number of carbonyl (C=O) groups excluding carboxylic acids is 1. The largest absolute Gasteiger partial charge is 0.466 e. The number of allylic oxidation sites excluding steroid dienone is 1. The van der Waals surface area contributed by atoms with E-state index in [1.54, 1.807) is 0 Å². The van der Waals surface area contributed by atoms with Gasteiger partial charge in [-0.25, -0.2) is 4.79 Å². The van der Waals surface area contributed by atoms with Crippen LogP contribution in [-0.4, -0.2) is 34.4 Å². The second-order valence-corrected chi connectivity index (χ2v) is 6.49. The van der Waals surface area contributed by atoms with Crippen LogP contribution in [0, 0.1) is 0 Å². The van der Waals surface area contributed by atoms with Crippen molar-refractivity contribution in [1.82, 2.24) is 0 Å². The van der Waals surface area contributed by atoms with E-state index in [4.69, 9.17) is 4.74 Å². The van der Waals surface area contributed by atoms with Crippen molar-refractivity contribution in [3.63, 3.8) is 0 Å². The number of epoxide rings is 1. The minimum Gasteiger partial charge on any atom is -0.466 e. The molecule has 1 aliphatic heterocycles. The fourth-order valence-corrected chi connectivity index (χ4v) is 3.20. The number of alkyl halides is 2. The first kappa shape index (κ1) is 11.6. The van der Waals surface area contributed by atoms with Gasteiger partial charge in [0.05, 0.1) is 23.6 Å². The maximum Gasteiger partial charge on any atom is 0.330 e. The fourth-order valence-electron chi connectivity index (χ4n) is 1.85. The molecule has 3 nitrogen and oxygen atoms in total. The number of halogens is 2. The van der Waals surface area contributed by atoms with E-state index in [-0.39, 0.29) is 15.1 Å². The molecule has 4 unspecified atom stereocenters. The summed E-state index contributed by atoms with van der Waals surface area (Å²) >= 11 is 7.28. The van der Waals surface area contributed by atoms with Crippen LogP contribution >= 0.6 is 31.9 Å². The minimum absolute atomic E-state index is 0.196. The third-order valence-electron chi connectivity index (χ3n) is 2.86. The standard InChI is InChI=1S/C10H12Br2O3/c1-14-9(13)2-3-10(12)5-7-6(15-7)4-8(10)11/h2-3,6-8H,4-5H2,1H3/b3-2+. The molecule has 84 valence electrons. The van der Waals surface area contributed by atoms with Gasteiger partial charge in [0.15, 0.2) is 0 Å². The summed E-state index contributed by atoms with van der Waals surface area (Å²) in [6.45, 7) is 0. The lowest BCUT2D eigenvalue weighted by Crippen LogP contribution is -2.37. The first-order valence-electron chi connectivity index (χ1n) is 4.81. The van der Waals surface area contributed by atoms with Crippen molar-refractivity contribution in [3.05, 3.63) is 12.2 Å². The van der Waals surface area contributed by atoms with Crippen molar-refractivity contribution in [2.45, 2.75) is 34.2 Å². The van der Waals surface area contributed by atoms with E-state index in [2.05, 4.69) is 36.6 Å². The molecule has 1 saturated heterocycles. The van der Waals surface area contributed by atoms with Gasteiger partial charge in [-0.1, -0.05) is 37.9 Å². The average molecular weight is 340 g/mol. The number of hydrogen-bond donors (Lipinski definition) is 0. The van der Waals surface area contributed by atoms with Crippen molar-refractivity contribution in [1.29, 1.82) is 0 Å². The summed E-state index contributed by atoms with van der Waals surface area (Å²) in [6, 6.07) is 0. The quantitative estimate of drug-likeness (QED) is 0.335. The summed E-state index contributed by atoms with van der Waals surface area (Å²) in [5, 5.41) is 0. The second kappa shape index (κ2) is 4.18. The molecular formula is C10H12Br2O3. The van der Waals surface area contributed by atoms with E-state index >= 15 is 0 Å². The van der Waals surface area contributed by atoms with Crippen molar-refractivity contribution in [2.24, 2.45) is 0 Å². The van der Waals surface area contributed by atoms with Crippen LogP contribution in [0.2, 0.25) is 0 Å². The maximum absolute atomic E-state index is 11.0. The molecule has 2 fully saturated rings. The van der Waals surface area contributed by atoms with Crippen molar-refractivity contribution in [2.75, 3.05) is 7.11 Å². The number of fused-ring (bicyclic) bond motifs is 1. The van der Waals surface area contributed by atoms with Gasteiger partial charge in [-0.3, -0.25) is 0 Å². The van der Waals surface area contributed by atoms with Gasteiger partial charge in [-0.15, -0.1) is 0 Å². The molecule has 15 heavy (non-hydrogen) atoms. The Morgan fingerprint density at radius 3 is 3.00 bits per heavy atom. The Balaban J connectivity index is 2.04. The summed E-state index contributed by atoms with van der Waals surface area (Å²) in [4.78, 5) is 11.3. The summed E-state index contributed by atoms with van der Waals surface area (Å²) in [5.74, 6) is -0.327. The van der Waals surface area contributed by atoms with Crippen LogP contribution in [0.25, 0.3) is 0 Å². The zero-order valence-electron chi connectivity index (χ0n) is 8.28. The molecule has 0 N–H and O–H groups in total. The molecule has 4 atom stereocenters. The Labute approximate surface area is 105 Å². The Morgan fingerprint density at radius 1 is 1.60 bits per heavy atom. The zero-order valence-corrected chi connectivity index (χ0v) is 11.5. The number of esters is 1. The SMILES string of the molecule is COC(=O)/C=C/C1(Br)CC2OC2CC1Br. The topological polar surface area (TPSA) is 38.8 Å². The van der Waals surface area contributed by atoms with Gasteiger partial charge < -0.3 is 9.47 Å². The first-order valence-corrected chi connectivity index (χ1v) is 6.51. The molecule has 0 bridgehead atoms. The molecule has 1 saturated carbocycles. The van der Waals surface area contributed by atoms with Crippen LogP contribution in [-0.2, 0) is 14.3 Å². The molecule has 0 spiro atoms. The Hall–Kier alpha value is 0.130. The molecule has 2 rings (SSSR count). The highest BCUT2D eigenvalue weighted by molar-refractivity contribution is 9.12. The molecular weight excluding hydrogens is 328 g/mol. The number of rotatable bonds is 2. The van der Waals surface area contributed by atoms with Gasteiger partial charge in [-0.05, 0) is 12.8 Å². The molecule has 1 heterocycles. The van der Waals surface area contributed by atoms with Crippen molar-refractivity contribution >= 4 is 37.8 Å². The number of carbonyl (C=O) groups is 1. The van der Waals surface area contributed by atoms with Gasteiger partial charge >= 0.3 is 5.97 Å². The van der Waals surface area contributed by atoms with Gasteiger partial charge in [0.25, 0.3) is 0 Å². The Morgan fingerprint density at radius 2 is 2.33 bits per heavy atom. The van der Waals surface area contributed by atoms with Crippen molar-refractivity contribution in [3.8, 4) is 0 Å². The van der Waals surface area contributed by atoms with Gasteiger partial charge in [0, 0.05) is 10.9 Å². The lowest BCUT2D eigenvalue weighted by Gasteiger charge is -2.31. The highest BCUT2D eigenvalue weighted by atomic mass is 79.9. The molecule has 0 aromatic heterocycles. The number of hydrogen-bond acceptors (Lipinski definition) is 3. The average Bonchev–Trinajstić information content (AvgIpc) is 2.92. The summed E-state index contributed by atoms with van der Waals surface area (Å²) < 4.78 is 9.84. The molecule has 0 aromatic carbocycles. The van der Waals surface area contributed by atoms with Gasteiger partial charge in [0.1, 0.15) is 0 Å². The van der Waals surface area contributed by atoms with E-state index < -0.39 is 0 Å². The van der Waals surface area contributed by atoms with E-state index in [0.717, 1.165) is 12.8 Å². The van der Waals surface area contributed by atoms with Crippen LogP contribution < -0.4 is 0 Å². The highest BCUT2D eigenvalue weighted by Gasteiger charge is 2.53. The van der Waals surface area contributed by atoms with Crippen LogP contribution in [0.5, 0.6) is 0 Å². The number of ether oxygens (including phenoxy) is 2. The van der Waals surface area contributed by atoms with E-state index in [0.29, 0.717) is 12.2 Å². The van der Waals surface area contributed by atoms with Crippen LogP contribution in [0.3, 0.4) is 0 Å². The fraction of sp³-hybridized carbons (Fsp3) is 0.700. The summed E-state index contributed by atoms with van der Waals surface area (Å²) in [5.41, 5.74) is 0. The van der Waals surface area contributed by atoms with Crippen LogP contribution in [0.15, 0.2) is 12.2 Å². The molecule has 0 aromatic rings. The van der Waals surface area contributed by atoms with E-state index in [1.165, 1.54) is 13.2 Å². The Kier molecular flexibility index (Phi) is 3.24. The predicted molar refractivity (Wildman–Crippen MR) is 63.4 cm³/mol. The minimum atomic E-state index is -0.327. The molecule has 0 amide bonds. The monoisotopic (exact) mass is 338 g/mol. The molecule has 1 aliphatic carbocycles. The van der Waals surface area contributed by atoms with E-state index in [9.17, 15) is 4.79 Å². The summed E-state index contributed by atoms with van der Waals surface area (Å²) in [7, 11) is 1.38. The van der Waals surface area contributed by atoms with Crippen LogP contribution in [0.1, 0.15) is 12.8 Å². The van der Waals surface area contributed by atoms with Gasteiger partial charge in [0.2, 0.25) is 0 Å². The molecule has 5 heteroatoms.